The van der Waals surface area contributed by atoms with E-state index in [9.17, 15) is 4.79 Å². The van der Waals surface area contributed by atoms with Crippen LogP contribution in [0.3, 0.4) is 0 Å². The van der Waals surface area contributed by atoms with Crippen molar-refractivity contribution in [2.75, 3.05) is 25.5 Å². The zero-order chi connectivity index (χ0) is 21.4. The molecule has 1 fully saturated rings. The van der Waals surface area contributed by atoms with Crippen molar-refractivity contribution < 1.29 is 9.53 Å². The van der Waals surface area contributed by atoms with Crippen LogP contribution in [0.5, 0.6) is 5.75 Å². The van der Waals surface area contributed by atoms with E-state index in [2.05, 4.69) is 26.5 Å². The van der Waals surface area contributed by atoms with Gasteiger partial charge in [-0.2, -0.15) is 0 Å². The van der Waals surface area contributed by atoms with Crippen LogP contribution in [0.4, 0.5) is 5.69 Å². The first kappa shape index (κ1) is 20.0. The molecule has 1 amide bonds. The lowest BCUT2D eigenvalue weighted by atomic mass is 9.89. The number of aromatic nitrogens is 3. The van der Waals surface area contributed by atoms with Crippen molar-refractivity contribution in [1.29, 1.82) is 0 Å². The van der Waals surface area contributed by atoms with Crippen LogP contribution in [0.25, 0.3) is 0 Å². The Hall–Kier alpha value is -2.90. The van der Waals surface area contributed by atoms with E-state index in [1.807, 2.05) is 47.0 Å². The maximum atomic E-state index is 12.8. The van der Waals surface area contributed by atoms with Crippen LogP contribution in [-0.4, -0.2) is 45.8 Å². The summed E-state index contributed by atoms with van der Waals surface area (Å²) in [6, 6.07) is 15.3. The van der Waals surface area contributed by atoms with E-state index in [0.29, 0.717) is 23.3 Å². The Kier molecular flexibility index (Phi) is 5.38. The molecule has 0 unspecified atom stereocenters. The second-order valence-corrected chi connectivity index (χ2v) is 8.72. The van der Waals surface area contributed by atoms with Gasteiger partial charge in [0.05, 0.1) is 7.11 Å². The summed E-state index contributed by atoms with van der Waals surface area (Å²) in [5.74, 6) is 2.79. The van der Waals surface area contributed by atoms with Crippen molar-refractivity contribution in [3.8, 4) is 5.75 Å². The lowest BCUT2D eigenvalue weighted by Gasteiger charge is -2.25. The van der Waals surface area contributed by atoms with Gasteiger partial charge in [-0.15, -0.1) is 10.2 Å². The predicted octanol–water partition coefficient (Wildman–Crippen LogP) is 3.50. The highest BCUT2D eigenvalue weighted by Gasteiger charge is 2.39. The van der Waals surface area contributed by atoms with Crippen LogP contribution in [0.2, 0.25) is 5.02 Å². The summed E-state index contributed by atoms with van der Waals surface area (Å²) in [7, 11) is 1.61. The summed E-state index contributed by atoms with van der Waals surface area (Å²) < 4.78 is 7.15. The molecule has 3 aromatic rings. The third-order valence-electron chi connectivity index (χ3n) is 6.19. The molecule has 8 heteroatoms. The zero-order valence-corrected chi connectivity index (χ0v) is 18.0. The number of anilines is 1. The number of methoxy groups -OCH3 is 1. The average Bonchev–Trinajstić information content (AvgIpc) is 3.35. The van der Waals surface area contributed by atoms with Crippen molar-refractivity contribution in [3.05, 3.63) is 70.8 Å². The molecule has 1 aromatic heterocycles. The number of fused-ring (bicyclic) bond motifs is 2. The number of likely N-dealkylation sites (tertiary alicyclic amines) is 1. The Morgan fingerprint density at radius 3 is 2.71 bits per heavy atom. The molecular weight excluding hydrogens is 414 g/mol. The first-order valence-electron chi connectivity index (χ1n) is 10.4. The smallest absolute Gasteiger partial charge is 0.293 e. The molecule has 1 saturated heterocycles. The van der Waals surface area contributed by atoms with Crippen LogP contribution in [0.1, 0.15) is 22.0 Å². The molecule has 0 bridgehead atoms. The highest BCUT2D eigenvalue weighted by molar-refractivity contribution is 6.30. The molecule has 0 spiro atoms. The van der Waals surface area contributed by atoms with E-state index in [-0.39, 0.29) is 5.91 Å². The highest BCUT2D eigenvalue weighted by Crippen LogP contribution is 2.33. The fraction of sp³-hybridized carbons (Fsp3) is 0.348. The largest absolute Gasteiger partial charge is 0.497 e. The second kappa shape index (κ2) is 8.32. The van der Waals surface area contributed by atoms with Gasteiger partial charge in [-0.1, -0.05) is 23.7 Å². The minimum atomic E-state index is -0.240. The first-order chi connectivity index (χ1) is 15.1. The molecular formula is C23H24ClN5O2. The molecule has 2 aromatic carbocycles. The number of carbonyl (C=O) groups is 1. The zero-order valence-electron chi connectivity index (χ0n) is 17.3. The van der Waals surface area contributed by atoms with Crippen LogP contribution >= 0.6 is 11.6 Å². The molecule has 0 radical (unpaired) electrons. The number of ether oxygens (including phenoxy) is 1. The van der Waals surface area contributed by atoms with Gasteiger partial charge in [0.25, 0.3) is 5.91 Å². The number of rotatable bonds is 5. The number of amides is 1. The van der Waals surface area contributed by atoms with Crippen molar-refractivity contribution in [2.24, 2.45) is 11.8 Å². The van der Waals surface area contributed by atoms with Crippen molar-refractivity contribution >= 4 is 23.2 Å². The molecule has 2 atom stereocenters. The lowest BCUT2D eigenvalue weighted by molar-refractivity contribution is 0.100. The molecule has 31 heavy (non-hydrogen) atoms. The molecule has 160 valence electrons. The quantitative estimate of drug-likeness (QED) is 0.661. The second-order valence-electron chi connectivity index (χ2n) is 8.28. The number of carbonyl (C=O) groups excluding carboxylic acids is 1. The van der Waals surface area contributed by atoms with E-state index in [4.69, 9.17) is 16.3 Å². The maximum absolute atomic E-state index is 12.8. The standard InChI is InChI=1S/C23H24ClN5O2/c1-31-20-7-5-19(6-8-20)25-23(30)22-27-26-21-10-16-12-28(13-17(16)14-29(21)22)11-15-3-2-4-18(24)9-15/h2-9,16-17H,10-14H2,1H3,(H,25,30)/t16-,17-/m1/s1. The summed E-state index contributed by atoms with van der Waals surface area (Å²) in [5, 5.41) is 12.2. The highest BCUT2D eigenvalue weighted by atomic mass is 35.5. The number of nitrogens with zero attached hydrogens (tertiary/aromatic N) is 4. The Morgan fingerprint density at radius 2 is 1.94 bits per heavy atom. The normalized spacial score (nSPS) is 20.2. The fourth-order valence-corrected chi connectivity index (χ4v) is 4.89. The van der Waals surface area contributed by atoms with E-state index >= 15 is 0 Å². The third-order valence-corrected chi connectivity index (χ3v) is 6.42. The molecule has 5 rings (SSSR count). The lowest BCUT2D eigenvalue weighted by Crippen LogP contribution is -2.31. The topological polar surface area (TPSA) is 72.3 Å². The summed E-state index contributed by atoms with van der Waals surface area (Å²) in [6.07, 6.45) is 0.847. The summed E-state index contributed by atoms with van der Waals surface area (Å²) in [6.45, 7) is 3.68. The van der Waals surface area contributed by atoms with Crippen LogP contribution in [-0.2, 0) is 19.5 Å². The fourth-order valence-electron chi connectivity index (χ4n) is 4.67. The predicted molar refractivity (Wildman–Crippen MR) is 118 cm³/mol. The van der Waals surface area contributed by atoms with Gasteiger partial charge in [0, 0.05) is 43.3 Å². The van der Waals surface area contributed by atoms with Gasteiger partial charge in [-0.25, -0.2) is 0 Å². The minimum Gasteiger partial charge on any atom is -0.497 e. The van der Waals surface area contributed by atoms with E-state index < -0.39 is 0 Å². The molecule has 2 aliphatic rings. The summed E-state index contributed by atoms with van der Waals surface area (Å²) in [4.78, 5) is 15.3. The summed E-state index contributed by atoms with van der Waals surface area (Å²) in [5.41, 5.74) is 1.93. The monoisotopic (exact) mass is 437 g/mol. The van der Waals surface area contributed by atoms with Crippen molar-refractivity contribution in [3.63, 3.8) is 0 Å². The minimum absolute atomic E-state index is 0.240. The van der Waals surface area contributed by atoms with Crippen LogP contribution < -0.4 is 10.1 Å². The molecule has 3 heterocycles. The summed E-state index contributed by atoms with van der Waals surface area (Å²) >= 11 is 6.14. The maximum Gasteiger partial charge on any atom is 0.293 e. The van der Waals surface area contributed by atoms with Gasteiger partial charge in [0.2, 0.25) is 5.82 Å². The SMILES string of the molecule is COc1ccc(NC(=O)c2nnc3n2C[C@H]2CN(Cc4cccc(Cl)c4)C[C@H]2C3)cc1. The van der Waals surface area contributed by atoms with Gasteiger partial charge >= 0.3 is 0 Å². The van der Waals surface area contributed by atoms with Crippen molar-refractivity contribution in [2.45, 2.75) is 19.5 Å². The molecule has 2 aliphatic heterocycles. The molecule has 0 saturated carbocycles. The Balaban J connectivity index is 1.26. The van der Waals surface area contributed by atoms with Crippen LogP contribution in [0, 0.1) is 11.8 Å². The number of hydrogen-bond acceptors (Lipinski definition) is 5. The van der Waals surface area contributed by atoms with E-state index in [1.54, 1.807) is 7.11 Å². The average molecular weight is 438 g/mol. The Bertz CT molecular complexity index is 1100. The van der Waals surface area contributed by atoms with Gasteiger partial charge in [0.15, 0.2) is 0 Å². The van der Waals surface area contributed by atoms with Crippen LogP contribution in [0.15, 0.2) is 48.5 Å². The van der Waals surface area contributed by atoms with Gasteiger partial charge in [0.1, 0.15) is 11.6 Å². The van der Waals surface area contributed by atoms with E-state index in [1.165, 1.54) is 5.56 Å². The molecule has 0 aliphatic carbocycles. The van der Waals surface area contributed by atoms with Crippen molar-refractivity contribution in [1.82, 2.24) is 19.7 Å². The Morgan fingerprint density at radius 1 is 1.13 bits per heavy atom. The number of benzene rings is 2. The molecule has 1 N–H and O–H groups in total. The third kappa shape index (κ3) is 4.16. The Labute approximate surface area is 186 Å². The number of hydrogen-bond donors (Lipinski definition) is 1. The molecule has 7 nitrogen and oxygen atoms in total. The van der Waals surface area contributed by atoms with Gasteiger partial charge in [-0.3, -0.25) is 9.69 Å². The number of nitrogens with one attached hydrogen (secondary N) is 1. The van der Waals surface area contributed by atoms with Gasteiger partial charge in [-0.05, 0) is 53.8 Å². The first-order valence-corrected chi connectivity index (χ1v) is 10.8. The number of halogens is 1. The van der Waals surface area contributed by atoms with Gasteiger partial charge < -0.3 is 14.6 Å². The van der Waals surface area contributed by atoms with E-state index in [0.717, 1.165) is 49.2 Å².